The van der Waals surface area contributed by atoms with E-state index in [-0.39, 0.29) is 12.0 Å². The fourth-order valence-corrected chi connectivity index (χ4v) is 4.20. The molecule has 2 aliphatic rings. The Balaban J connectivity index is 1.63. The summed E-state index contributed by atoms with van der Waals surface area (Å²) in [5.41, 5.74) is 1.01. The molecule has 144 valence electrons. The van der Waals surface area contributed by atoms with Gasteiger partial charge in [0.1, 0.15) is 11.6 Å². The largest absolute Gasteiger partial charge is 0.378 e. The zero-order valence-corrected chi connectivity index (χ0v) is 16.6. The van der Waals surface area contributed by atoms with Crippen LogP contribution in [0.3, 0.4) is 0 Å². The summed E-state index contributed by atoms with van der Waals surface area (Å²) in [5, 5.41) is 0. The zero-order chi connectivity index (χ0) is 18.7. The second-order valence-electron chi connectivity index (χ2n) is 7.74. The molecule has 0 spiro atoms. The van der Waals surface area contributed by atoms with Crippen molar-refractivity contribution >= 4 is 11.7 Å². The van der Waals surface area contributed by atoms with Gasteiger partial charge in [-0.3, -0.25) is 4.79 Å². The van der Waals surface area contributed by atoms with Crippen LogP contribution < -0.4 is 4.90 Å². The highest BCUT2D eigenvalue weighted by atomic mass is 16.5. The summed E-state index contributed by atoms with van der Waals surface area (Å²) in [6.45, 7) is 11.5. The molecule has 2 atom stereocenters. The first-order chi connectivity index (χ1) is 12.5. The minimum Gasteiger partial charge on any atom is -0.378 e. The molecule has 0 saturated carbocycles. The number of hydrogen-bond donors (Lipinski definition) is 0. The van der Waals surface area contributed by atoms with Gasteiger partial charge in [0.2, 0.25) is 5.91 Å². The zero-order valence-electron chi connectivity index (χ0n) is 16.6. The van der Waals surface area contributed by atoms with Crippen LogP contribution in [0.25, 0.3) is 0 Å². The van der Waals surface area contributed by atoms with Gasteiger partial charge in [-0.25, -0.2) is 9.97 Å². The molecule has 1 amide bonds. The number of aromatic nitrogens is 2. The third kappa shape index (κ3) is 4.34. The maximum absolute atomic E-state index is 13.0. The van der Waals surface area contributed by atoms with Gasteiger partial charge in [-0.1, -0.05) is 6.92 Å². The van der Waals surface area contributed by atoms with E-state index in [9.17, 15) is 4.79 Å². The first-order valence-corrected chi connectivity index (χ1v) is 9.97. The van der Waals surface area contributed by atoms with E-state index in [4.69, 9.17) is 4.74 Å². The van der Waals surface area contributed by atoms with E-state index in [1.807, 2.05) is 13.8 Å². The SMILES string of the molecule is CCCN(C(=O)C1COC(C)C1)C1CCN(c2cc(C)nc(C)n2)CC1. The van der Waals surface area contributed by atoms with Gasteiger partial charge in [0, 0.05) is 37.4 Å². The van der Waals surface area contributed by atoms with Crippen LogP contribution in [0.2, 0.25) is 0 Å². The number of nitrogens with zero attached hydrogens (tertiary/aromatic N) is 4. The number of rotatable bonds is 5. The van der Waals surface area contributed by atoms with Crippen molar-refractivity contribution in [2.45, 2.75) is 65.5 Å². The quantitative estimate of drug-likeness (QED) is 0.808. The maximum Gasteiger partial charge on any atom is 0.228 e. The van der Waals surface area contributed by atoms with E-state index >= 15 is 0 Å². The van der Waals surface area contributed by atoms with Crippen molar-refractivity contribution in [3.05, 3.63) is 17.6 Å². The van der Waals surface area contributed by atoms with E-state index in [0.717, 1.165) is 62.7 Å². The molecule has 1 aromatic rings. The molecule has 2 saturated heterocycles. The Morgan fingerprint density at radius 3 is 2.62 bits per heavy atom. The Morgan fingerprint density at radius 1 is 1.31 bits per heavy atom. The van der Waals surface area contributed by atoms with Gasteiger partial charge in [0.25, 0.3) is 0 Å². The number of ether oxygens (including phenoxy) is 1. The molecular formula is C20H32N4O2. The first kappa shape index (κ1) is 19.1. The molecule has 3 rings (SSSR count). The molecule has 2 fully saturated rings. The number of hydrogen-bond acceptors (Lipinski definition) is 5. The summed E-state index contributed by atoms with van der Waals surface area (Å²) in [4.78, 5) is 26.5. The Kier molecular flexibility index (Phi) is 6.12. The maximum atomic E-state index is 13.0. The summed E-state index contributed by atoms with van der Waals surface area (Å²) >= 11 is 0. The molecule has 3 heterocycles. The van der Waals surface area contributed by atoms with Crippen molar-refractivity contribution in [1.82, 2.24) is 14.9 Å². The van der Waals surface area contributed by atoms with Gasteiger partial charge in [-0.2, -0.15) is 0 Å². The minimum atomic E-state index is 0.0433. The molecule has 6 heteroatoms. The lowest BCUT2D eigenvalue weighted by atomic mass is 9.98. The number of carbonyl (C=O) groups excluding carboxylic acids is 1. The lowest BCUT2D eigenvalue weighted by Gasteiger charge is -2.40. The van der Waals surface area contributed by atoms with Crippen molar-refractivity contribution < 1.29 is 9.53 Å². The van der Waals surface area contributed by atoms with Crippen molar-refractivity contribution in [2.75, 3.05) is 31.1 Å². The second kappa shape index (κ2) is 8.33. The molecule has 26 heavy (non-hydrogen) atoms. The summed E-state index contributed by atoms with van der Waals surface area (Å²) in [5.74, 6) is 2.17. The predicted octanol–water partition coefficient (Wildman–Crippen LogP) is 2.73. The first-order valence-electron chi connectivity index (χ1n) is 9.97. The van der Waals surface area contributed by atoms with Gasteiger partial charge < -0.3 is 14.5 Å². The average molecular weight is 361 g/mol. The third-order valence-corrected chi connectivity index (χ3v) is 5.48. The lowest BCUT2D eigenvalue weighted by Crippen LogP contribution is -2.49. The van der Waals surface area contributed by atoms with Crippen molar-refractivity contribution in [1.29, 1.82) is 0 Å². The molecule has 1 aromatic heterocycles. The fourth-order valence-electron chi connectivity index (χ4n) is 4.20. The summed E-state index contributed by atoms with van der Waals surface area (Å²) in [6, 6.07) is 2.39. The molecule has 0 N–H and O–H groups in total. The topological polar surface area (TPSA) is 58.6 Å². The van der Waals surface area contributed by atoms with Crippen LogP contribution in [0.4, 0.5) is 5.82 Å². The molecule has 0 bridgehead atoms. The van der Waals surface area contributed by atoms with Crippen LogP contribution in [-0.2, 0) is 9.53 Å². The number of carbonyl (C=O) groups is 1. The molecule has 2 aliphatic heterocycles. The molecular weight excluding hydrogens is 328 g/mol. The van der Waals surface area contributed by atoms with Crippen LogP contribution in [0.5, 0.6) is 0 Å². The number of aryl methyl sites for hydroxylation is 2. The normalized spacial score (nSPS) is 24.1. The Hall–Kier alpha value is -1.69. The standard InChI is InChI=1S/C20H32N4O2/c1-5-8-24(20(25)17-12-15(3)26-13-17)18-6-9-23(10-7-18)19-11-14(2)21-16(4)22-19/h11,15,17-18H,5-10,12-13H2,1-4H3. The summed E-state index contributed by atoms with van der Waals surface area (Å²) < 4.78 is 5.63. The van der Waals surface area contributed by atoms with Crippen LogP contribution >= 0.6 is 0 Å². The van der Waals surface area contributed by atoms with Gasteiger partial charge in [0.05, 0.1) is 18.6 Å². The molecule has 0 aromatic carbocycles. The van der Waals surface area contributed by atoms with Gasteiger partial charge in [0.15, 0.2) is 0 Å². The Labute approximate surface area is 156 Å². The smallest absolute Gasteiger partial charge is 0.228 e. The highest BCUT2D eigenvalue weighted by Gasteiger charge is 2.35. The van der Waals surface area contributed by atoms with Gasteiger partial charge >= 0.3 is 0 Å². The van der Waals surface area contributed by atoms with Crippen LogP contribution in [0, 0.1) is 19.8 Å². The average Bonchev–Trinajstić information content (AvgIpc) is 3.05. The highest BCUT2D eigenvalue weighted by molar-refractivity contribution is 5.79. The Bertz CT molecular complexity index is 608. The predicted molar refractivity (Wildman–Crippen MR) is 102 cm³/mol. The van der Waals surface area contributed by atoms with Gasteiger partial charge in [-0.05, 0) is 46.5 Å². The monoisotopic (exact) mass is 360 g/mol. The Morgan fingerprint density at radius 2 is 2.04 bits per heavy atom. The van der Waals surface area contributed by atoms with E-state index in [1.54, 1.807) is 0 Å². The van der Waals surface area contributed by atoms with Gasteiger partial charge in [-0.15, -0.1) is 0 Å². The van der Waals surface area contributed by atoms with Crippen LogP contribution in [-0.4, -0.2) is 59.2 Å². The van der Waals surface area contributed by atoms with Crippen molar-refractivity contribution in [3.63, 3.8) is 0 Å². The number of piperidine rings is 1. The summed E-state index contributed by atoms with van der Waals surface area (Å²) in [6.07, 6.45) is 4.06. The van der Waals surface area contributed by atoms with E-state index in [1.165, 1.54) is 0 Å². The number of anilines is 1. The highest BCUT2D eigenvalue weighted by Crippen LogP contribution is 2.26. The van der Waals surface area contributed by atoms with Crippen molar-refractivity contribution in [2.24, 2.45) is 5.92 Å². The molecule has 0 aliphatic carbocycles. The fraction of sp³-hybridized carbons (Fsp3) is 0.750. The van der Waals surface area contributed by atoms with E-state index < -0.39 is 0 Å². The van der Waals surface area contributed by atoms with Crippen LogP contribution in [0.15, 0.2) is 6.07 Å². The lowest BCUT2D eigenvalue weighted by molar-refractivity contribution is -0.138. The van der Waals surface area contributed by atoms with E-state index in [0.29, 0.717) is 18.6 Å². The minimum absolute atomic E-state index is 0.0433. The van der Waals surface area contributed by atoms with Crippen LogP contribution in [0.1, 0.15) is 51.0 Å². The molecule has 6 nitrogen and oxygen atoms in total. The molecule has 0 radical (unpaired) electrons. The molecule has 2 unspecified atom stereocenters. The van der Waals surface area contributed by atoms with E-state index in [2.05, 4.69) is 39.7 Å². The second-order valence-corrected chi connectivity index (χ2v) is 7.74. The van der Waals surface area contributed by atoms with Crippen molar-refractivity contribution in [3.8, 4) is 0 Å². The third-order valence-electron chi connectivity index (χ3n) is 5.48. The number of amides is 1. The summed E-state index contributed by atoms with van der Waals surface area (Å²) in [7, 11) is 0.